The summed E-state index contributed by atoms with van der Waals surface area (Å²) in [6.45, 7) is -0.0379. The zero-order valence-electron chi connectivity index (χ0n) is 41.9. The molecule has 10 aromatic carbocycles. The molecule has 3 aliphatic heterocycles. The number of hydrogen-bond donors (Lipinski definition) is 1. The lowest BCUT2D eigenvalue weighted by molar-refractivity contribution is -0.00516. The fourth-order valence-corrected chi connectivity index (χ4v) is 15.2. The van der Waals surface area contributed by atoms with Gasteiger partial charge in [0.1, 0.15) is 0 Å². The molecule has 0 radical (unpaired) electrons. The zero-order valence-corrected chi connectivity index (χ0v) is 41.9. The first-order valence-electron chi connectivity index (χ1n) is 27.3. The number of rotatable bonds is 7. The lowest BCUT2D eigenvalue weighted by Gasteiger charge is -2.57. The normalized spacial score (nSPS) is 20.1. The first-order valence-corrected chi connectivity index (χ1v) is 27.3. The first-order chi connectivity index (χ1) is 37.1. The summed E-state index contributed by atoms with van der Waals surface area (Å²) in [5.41, 5.74) is 25.9. The molecule has 3 heterocycles. The van der Waals surface area contributed by atoms with E-state index in [2.05, 4.69) is 257 Å². The van der Waals surface area contributed by atoms with Gasteiger partial charge in [-0.1, -0.05) is 158 Å². The Morgan fingerprint density at radius 3 is 1.41 bits per heavy atom. The summed E-state index contributed by atoms with van der Waals surface area (Å²) in [5.74, 6) is 2.67. The summed E-state index contributed by atoms with van der Waals surface area (Å²) < 4.78 is 0. The second-order valence-electron chi connectivity index (χ2n) is 22.4. The van der Waals surface area contributed by atoms with Gasteiger partial charge in [0.05, 0.1) is 22.7 Å². The summed E-state index contributed by atoms with van der Waals surface area (Å²) in [5, 5.41) is 3.97. The van der Waals surface area contributed by atoms with Gasteiger partial charge in [-0.2, -0.15) is 0 Å². The lowest BCUT2D eigenvalue weighted by Crippen LogP contribution is -2.61. The van der Waals surface area contributed by atoms with Crippen LogP contribution in [0.1, 0.15) is 44.1 Å². The average molecular weight is 963 g/mol. The van der Waals surface area contributed by atoms with E-state index in [-0.39, 0.29) is 6.71 Å². The Hall–Kier alpha value is -8.54. The van der Waals surface area contributed by atoms with Gasteiger partial charge in [-0.3, -0.25) is 0 Å². The van der Waals surface area contributed by atoms with Crippen molar-refractivity contribution in [2.75, 3.05) is 20.0 Å². The van der Waals surface area contributed by atoms with Crippen molar-refractivity contribution in [1.29, 1.82) is 0 Å². The smallest absolute Gasteiger partial charge is 0.252 e. The Morgan fingerprint density at radius 2 is 0.800 bits per heavy atom. The fraction of sp³-hybridized carbons (Fsp3) is 0.143. The van der Waals surface area contributed by atoms with E-state index in [4.69, 9.17) is 0 Å². The third-order valence-corrected chi connectivity index (χ3v) is 18.1. The van der Waals surface area contributed by atoms with E-state index < -0.39 is 0 Å². The molecule has 4 saturated carbocycles. The predicted molar refractivity (Wildman–Crippen MR) is 315 cm³/mol. The molecule has 7 aliphatic rings. The molecule has 0 unspecified atom stereocenters. The molecule has 5 heteroatoms. The van der Waals surface area contributed by atoms with Crippen molar-refractivity contribution in [3.63, 3.8) is 0 Å². The molecule has 0 aromatic heterocycles. The second kappa shape index (κ2) is 16.7. The molecule has 0 spiro atoms. The Balaban J connectivity index is 0.893. The highest BCUT2D eigenvalue weighted by Crippen LogP contribution is 2.62. The number of nitrogens with one attached hydrogen (secondary N) is 1. The zero-order chi connectivity index (χ0) is 49.2. The van der Waals surface area contributed by atoms with Gasteiger partial charge in [-0.25, -0.2) is 0 Å². The van der Waals surface area contributed by atoms with Crippen LogP contribution in [0, 0.1) is 17.8 Å². The second-order valence-corrected chi connectivity index (χ2v) is 22.4. The van der Waals surface area contributed by atoms with E-state index >= 15 is 0 Å². The molecule has 358 valence electrons. The predicted octanol–water partition coefficient (Wildman–Crippen LogP) is 16.8. The van der Waals surface area contributed by atoms with E-state index in [1.165, 1.54) is 122 Å². The van der Waals surface area contributed by atoms with Crippen molar-refractivity contribution >= 4 is 85.7 Å². The van der Waals surface area contributed by atoms with Gasteiger partial charge in [0.25, 0.3) is 6.71 Å². The molecule has 10 aromatic rings. The monoisotopic (exact) mass is 962 g/mol. The number of nitrogens with zero attached hydrogens (tertiary/aromatic N) is 3. The standard InChI is InChI=1S/C70H55BN4/c1-4-13-49(14-5-1)52-23-29-56(30-24-52)73-63-35-27-54(51-17-8-3-9-18-51)40-60(63)71-59-34-33-58(42-68(59)74(67-22-12-21-66(73)69(67)71)57-31-25-53(26-32-57)50-15-6-2-7-16-50)75-64-20-11-10-19-61(64)72-62-41-55(28-36-65(62)75)70-43-46-37-47(44-70)39-48(38-46)45-70/h1-36,40-42,46-48,72H,37-39,43-45H2. The van der Waals surface area contributed by atoms with E-state index in [1.54, 1.807) is 5.56 Å². The highest BCUT2D eigenvalue weighted by Gasteiger charge is 2.52. The molecular weight excluding hydrogens is 908 g/mol. The maximum absolute atomic E-state index is 3.97. The number of hydrogen-bond acceptors (Lipinski definition) is 4. The quantitative estimate of drug-likeness (QED) is 0.161. The number of benzene rings is 10. The number of anilines is 11. The topological polar surface area (TPSA) is 21.8 Å². The van der Waals surface area contributed by atoms with Gasteiger partial charge < -0.3 is 20.0 Å². The van der Waals surface area contributed by atoms with E-state index in [0.29, 0.717) is 5.41 Å². The summed E-state index contributed by atoms with van der Waals surface area (Å²) >= 11 is 0. The molecule has 4 nitrogen and oxygen atoms in total. The van der Waals surface area contributed by atoms with Crippen LogP contribution in [0.25, 0.3) is 33.4 Å². The minimum atomic E-state index is -0.0379. The molecular formula is C70H55BN4. The molecule has 4 bridgehead atoms. The van der Waals surface area contributed by atoms with Crippen LogP contribution in [-0.2, 0) is 5.41 Å². The van der Waals surface area contributed by atoms with E-state index in [0.717, 1.165) is 46.2 Å². The summed E-state index contributed by atoms with van der Waals surface area (Å²) in [7, 11) is 0. The minimum absolute atomic E-state index is 0.0379. The van der Waals surface area contributed by atoms with Gasteiger partial charge in [-0.15, -0.1) is 0 Å². The van der Waals surface area contributed by atoms with Crippen molar-refractivity contribution in [2.45, 2.75) is 43.9 Å². The van der Waals surface area contributed by atoms with Crippen LogP contribution >= 0.6 is 0 Å². The van der Waals surface area contributed by atoms with Crippen molar-refractivity contribution in [3.05, 3.63) is 242 Å². The van der Waals surface area contributed by atoms with Crippen LogP contribution in [0.5, 0.6) is 0 Å². The highest BCUT2D eigenvalue weighted by molar-refractivity contribution is 7.00. The Morgan fingerprint density at radius 1 is 0.333 bits per heavy atom. The third kappa shape index (κ3) is 6.83. The first kappa shape index (κ1) is 42.9. The fourth-order valence-electron chi connectivity index (χ4n) is 15.2. The summed E-state index contributed by atoms with van der Waals surface area (Å²) in [6.07, 6.45) is 8.40. The molecule has 0 amide bonds. The van der Waals surface area contributed by atoms with Gasteiger partial charge in [0.15, 0.2) is 0 Å². The molecule has 1 N–H and O–H groups in total. The van der Waals surface area contributed by atoms with Crippen LogP contribution in [0.3, 0.4) is 0 Å². The highest BCUT2D eigenvalue weighted by atomic mass is 15.2. The summed E-state index contributed by atoms with van der Waals surface area (Å²) in [6, 6.07) is 88.6. The summed E-state index contributed by atoms with van der Waals surface area (Å²) in [4.78, 5) is 7.59. The van der Waals surface area contributed by atoms with E-state index in [1.807, 2.05) is 0 Å². The minimum Gasteiger partial charge on any atom is -0.352 e. The van der Waals surface area contributed by atoms with Gasteiger partial charge >= 0.3 is 0 Å². The van der Waals surface area contributed by atoms with Crippen LogP contribution in [0.2, 0.25) is 0 Å². The maximum atomic E-state index is 3.97. The third-order valence-electron chi connectivity index (χ3n) is 18.1. The number of para-hydroxylation sites is 2. The van der Waals surface area contributed by atoms with Crippen LogP contribution in [-0.4, -0.2) is 6.71 Å². The molecule has 17 rings (SSSR count). The Labute approximate surface area is 440 Å². The Bertz CT molecular complexity index is 3820. The molecule has 75 heavy (non-hydrogen) atoms. The molecule has 0 saturated heterocycles. The van der Waals surface area contributed by atoms with Gasteiger partial charge in [-0.05, 0) is 196 Å². The average Bonchev–Trinajstić information content (AvgIpc) is 3.54. The molecule has 0 atom stereocenters. The van der Waals surface area contributed by atoms with Gasteiger partial charge in [0, 0.05) is 39.8 Å². The molecule has 4 aliphatic carbocycles. The largest absolute Gasteiger partial charge is 0.352 e. The van der Waals surface area contributed by atoms with E-state index in [9.17, 15) is 0 Å². The van der Waals surface area contributed by atoms with Crippen LogP contribution < -0.4 is 36.4 Å². The van der Waals surface area contributed by atoms with Gasteiger partial charge in [0.2, 0.25) is 0 Å². The van der Waals surface area contributed by atoms with Crippen molar-refractivity contribution in [1.82, 2.24) is 0 Å². The van der Waals surface area contributed by atoms with Crippen molar-refractivity contribution in [2.24, 2.45) is 17.8 Å². The maximum Gasteiger partial charge on any atom is 0.252 e. The number of fused-ring (bicyclic) bond motifs is 6. The SMILES string of the molecule is c1ccc(-c2ccc(N3c4ccc(-c5ccccc5)cc4B4c5ccc(N6c7ccccc7Nc7cc(C89CC%10CC(CC(C%10)C8)C9)ccc76)cc5N(c5ccc(-c6ccccc6)cc5)c5cccc3c54)cc2)cc1. The molecule has 4 fully saturated rings. The Kier molecular flexibility index (Phi) is 9.58. The van der Waals surface area contributed by atoms with Crippen molar-refractivity contribution < 1.29 is 0 Å². The lowest BCUT2D eigenvalue weighted by atomic mass is 9.33. The van der Waals surface area contributed by atoms with Crippen molar-refractivity contribution in [3.8, 4) is 33.4 Å². The van der Waals surface area contributed by atoms with Crippen LogP contribution in [0.15, 0.2) is 237 Å². The van der Waals surface area contributed by atoms with Crippen LogP contribution in [0.4, 0.5) is 62.6 Å².